The number of alkyl carbamates (subject to hydrolysis) is 1. The standard InChI is InChI=1S/C26H33N3O6/c1-19(2)24(27-26(32)35-17-20-7-5-4-6-8-20)25(31)34-18-23(30)29-15-13-28(14-16-29)21-9-11-22(33-3)12-10-21/h4-12,19,24H,13-18H2,1-3H3,(H,27,32)/t24-/m0/s1. The molecule has 9 nitrogen and oxygen atoms in total. The Bertz CT molecular complexity index is 972. The number of rotatable bonds is 9. The van der Waals surface area contributed by atoms with E-state index in [2.05, 4.69) is 10.2 Å². The van der Waals surface area contributed by atoms with Crippen LogP contribution in [-0.4, -0.2) is 68.8 Å². The number of hydrogen-bond donors (Lipinski definition) is 1. The summed E-state index contributed by atoms with van der Waals surface area (Å²) >= 11 is 0. The van der Waals surface area contributed by atoms with E-state index in [1.165, 1.54) is 0 Å². The maximum absolute atomic E-state index is 12.6. The molecular weight excluding hydrogens is 450 g/mol. The molecule has 1 heterocycles. The molecule has 0 unspecified atom stereocenters. The van der Waals surface area contributed by atoms with Gasteiger partial charge in [0, 0.05) is 31.9 Å². The predicted octanol–water partition coefficient (Wildman–Crippen LogP) is 2.84. The van der Waals surface area contributed by atoms with Gasteiger partial charge in [0.2, 0.25) is 0 Å². The normalized spacial score (nSPS) is 14.3. The molecule has 3 rings (SSSR count). The number of hydrogen-bond acceptors (Lipinski definition) is 7. The van der Waals surface area contributed by atoms with Gasteiger partial charge in [0.1, 0.15) is 18.4 Å². The van der Waals surface area contributed by atoms with E-state index in [0.29, 0.717) is 26.2 Å². The Morgan fingerprint density at radius 3 is 2.17 bits per heavy atom. The lowest BCUT2D eigenvalue weighted by Gasteiger charge is -2.36. The van der Waals surface area contributed by atoms with Crippen molar-refractivity contribution in [1.29, 1.82) is 0 Å². The Labute approximate surface area is 205 Å². The quantitative estimate of drug-likeness (QED) is 0.548. The number of methoxy groups -OCH3 is 1. The molecule has 1 aliphatic heterocycles. The second kappa shape index (κ2) is 12.6. The van der Waals surface area contributed by atoms with Gasteiger partial charge in [-0.2, -0.15) is 0 Å². The maximum atomic E-state index is 12.6. The summed E-state index contributed by atoms with van der Waals surface area (Å²) in [5.74, 6) is -0.373. The summed E-state index contributed by atoms with van der Waals surface area (Å²) in [6, 6.07) is 16.1. The van der Waals surface area contributed by atoms with Gasteiger partial charge in [0.05, 0.1) is 7.11 Å². The van der Waals surface area contributed by atoms with E-state index in [1.807, 2.05) is 54.6 Å². The summed E-state index contributed by atoms with van der Waals surface area (Å²) in [6.07, 6.45) is -0.717. The zero-order valence-electron chi connectivity index (χ0n) is 20.4. The lowest BCUT2D eigenvalue weighted by molar-refractivity contribution is -0.154. The van der Waals surface area contributed by atoms with Crippen molar-refractivity contribution in [3.8, 4) is 5.75 Å². The van der Waals surface area contributed by atoms with Crippen LogP contribution in [0.1, 0.15) is 19.4 Å². The Kier molecular flexibility index (Phi) is 9.34. The van der Waals surface area contributed by atoms with Gasteiger partial charge in [0.25, 0.3) is 5.91 Å². The monoisotopic (exact) mass is 483 g/mol. The molecular formula is C26H33N3O6. The van der Waals surface area contributed by atoms with Crippen LogP contribution < -0.4 is 15.0 Å². The zero-order chi connectivity index (χ0) is 25.2. The van der Waals surface area contributed by atoms with Crippen LogP contribution in [0.25, 0.3) is 0 Å². The van der Waals surface area contributed by atoms with Crippen LogP contribution in [0, 0.1) is 5.92 Å². The average Bonchev–Trinajstić information content (AvgIpc) is 2.89. The van der Waals surface area contributed by atoms with Crippen LogP contribution in [0.15, 0.2) is 54.6 Å². The molecule has 0 spiro atoms. The largest absolute Gasteiger partial charge is 0.497 e. The summed E-state index contributed by atoms with van der Waals surface area (Å²) in [4.78, 5) is 41.2. The molecule has 0 radical (unpaired) electrons. The molecule has 2 amide bonds. The summed E-state index contributed by atoms with van der Waals surface area (Å²) in [5, 5.41) is 2.55. The first kappa shape index (κ1) is 25.9. The number of anilines is 1. The van der Waals surface area contributed by atoms with Crippen molar-refractivity contribution < 1.29 is 28.6 Å². The van der Waals surface area contributed by atoms with Gasteiger partial charge >= 0.3 is 12.1 Å². The number of piperazine rings is 1. The van der Waals surface area contributed by atoms with Gasteiger partial charge in [-0.25, -0.2) is 9.59 Å². The van der Waals surface area contributed by atoms with Gasteiger partial charge < -0.3 is 29.3 Å². The maximum Gasteiger partial charge on any atom is 0.408 e. The SMILES string of the molecule is COc1ccc(N2CCN(C(=O)COC(=O)[C@@H](NC(=O)OCc3ccccc3)C(C)C)CC2)cc1. The molecule has 35 heavy (non-hydrogen) atoms. The van der Waals surface area contributed by atoms with Crippen LogP contribution in [0.5, 0.6) is 5.75 Å². The highest BCUT2D eigenvalue weighted by Gasteiger charge is 2.28. The van der Waals surface area contributed by atoms with Crippen molar-refractivity contribution in [2.24, 2.45) is 5.92 Å². The van der Waals surface area contributed by atoms with Crippen molar-refractivity contribution in [1.82, 2.24) is 10.2 Å². The van der Waals surface area contributed by atoms with Crippen LogP contribution >= 0.6 is 0 Å². The first-order valence-corrected chi connectivity index (χ1v) is 11.7. The van der Waals surface area contributed by atoms with Gasteiger partial charge in [0.15, 0.2) is 6.61 Å². The summed E-state index contributed by atoms with van der Waals surface area (Å²) in [6.45, 7) is 5.69. The minimum Gasteiger partial charge on any atom is -0.497 e. The highest BCUT2D eigenvalue weighted by Crippen LogP contribution is 2.20. The zero-order valence-corrected chi connectivity index (χ0v) is 20.4. The number of amides is 2. The van der Waals surface area contributed by atoms with Gasteiger partial charge in [-0.3, -0.25) is 4.79 Å². The number of nitrogens with zero attached hydrogens (tertiary/aromatic N) is 2. The van der Waals surface area contributed by atoms with Crippen molar-refractivity contribution >= 4 is 23.7 Å². The molecule has 0 aromatic heterocycles. The van der Waals surface area contributed by atoms with Gasteiger partial charge in [-0.05, 0) is 35.7 Å². The highest BCUT2D eigenvalue weighted by molar-refractivity contribution is 5.85. The Hall–Kier alpha value is -3.75. The third kappa shape index (κ3) is 7.63. The topological polar surface area (TPSA) is 97.4 Å². The van der Waals surface area contributed by atoms with E-state index in [4.69, 9.17) is 14.2 Å². The van der Waals surface area contributed by atoms with Gasteiger partial charge in [-0.1, -0.05) is 44.2 Å². The molecule has 1 saturated heterocycles. The summed E-state index contributed by atoms with van der Waals surface area (Å²) < 4.78 is 15.6. The van der Waals surface area contributed by atoms with E-state index in [9.17, 15) is 14.4 Å². The van der Waals surface area contributed by atoms with Crippen LogP contribution in [-0.2, 0) is 25.7 Å². The van der Waals surface area contributed by atoms with Crippen LogP contribution in [0.4, 0.5) is 10.5 Å². The van der Waals surface area contributed by atoms with Crippen molar-refractivity contribution in [3.05, 3.63) is 60.2 Å². The van der Waals surface area contributed by atoms with E-state index < -0.39 is 18.1 Å². The fraction of sp³-hybridized carbons (Fsp3) is 0.423. The fourth-order valence-corrected chi connectivity index (χ4v) is 3.71. The second-order valence-electron chi connectivity index (χ2n) is 8.60. The average molecular weight is 484 g/mol. The predicted molar refractivity (Wildman–Crippen MR) is 131 cm³/mol. The van der Waals surface area contributed by atoms with E-state index in [-0.39, 0.29) is 25.0 Å². The second-order valence-corrected chi connectivity index (χ2v) is 8.60. The molecule has 0 saturated carbocycles. The number of benzene rings is 2. The van der Waals surface area contributed by atoms with Gasteiger partial charge in [-0.15, -0.1) is 0 Å². The van der Waals surface area contributed by atoms with Crippen molar-refractivity contribution in [3.63, 3.8) is 0 Å². The fourth-order valence-electron chi connectivity index (χ4n) is 3.71. The first-order valence-electron chi connectivity index (χ1n) is 11.7. The van der Waals surface area contributed by atoms with Crippen LogP contribution in [0.2, 0.25) is 0 Å². The number of carbonyl (C=O) groups is 3. The van der Waals surface area contributed by atoms with E-state index in [0.717, 1.165) is 17.0 Å². The third-order valence-electron chi connectivity index (χ3n) is 5.81. The molecule has 1 fully saturated rings. The lowest BCUT2D eigenvalue weighted by Crippen LogP contribution is -2.50. The molecule has 2 aromatic carbocycles. The highest BCUT2D eigenvalue weighted by atomic mass is 16.6. The first-order chi connectivity index (χ1) is 16.9. The molecule has 2 aromatic rings. The molecule has 0 bridgehead atoms. The summed E-state index contributed by atoms with van der Waals surface area (Å²) in [5.41, 5.74) is 1.90. The number of nitrogens with one attached hydrogen (secondary N) is 1. The summed E-state index contributed by atoms with van der Waals surface area (Å²) in [7, 11) is 1.63. The molecule has 9 heteroatoms. The van der Waals surface area contributed by atoms with Crippen LogP contribution in [0.3, 0.4) is 0 Å². The Morgan fingerprint density at radius 2 is 1.57 bits per heavy atom. The molecule has 1 aliphatic rings. The minimum atomic E-state index is -0.919. The molecule has 1 atom stereocenters. The minimum absolute atomic E-state index is 0.0908. The van der Waals surface area contributed by atoms with E-state index >= 15 is 0 Å². The molecule has 188 valence electrons. The van der Waals surface area contributed by atoms with Crippen molar-refractivity contribution in [2.75, 3.05) is 44.8 Å². The Morgan fingerprint density at radius 1 is 0.914 bits per heavy atom. The third-order valence-corrected chi connectivity index (χ3v) is 5.81. The number of ether oxygens (including phenoxy) is 3. The number of carbonyl (C=O) groups excluding carboxylic acids is 3. The lowest BCUT2D eigenvalue weighted by atomic mass is 10.1. The Balaban J connectivity index is 1.42. The molecule has 1 N–H and O–H groups in total. The van der Waals surface area contributed by atoms with E-state index in [1.54, 1.807) is 25.9 Å². The van der Waals surface area contributed by atoms with Crippen molar-refractivity contribution in [2.45, 2.75) is 26.5 Å². The molecule has 0 aliphatic carbocycles. The smallest absolute Gasteiger partial charge is 0.408 e. The number of esters is 1.